The van der Waals surface area contributed by atoms with Gasteiger partial charge >= 0.3 is 11.9 Å². The number of ether oxygens (including phenoxy) is 1. The summed E-state index contributed by atoms with van der Waals surface area (Å²) in [6, 6.07) is 46.5. The summed E-state index contributed by atoms with van der Waals surface area (Å²) in [7, 11) is 1.34. The molecular weight excluding hydrogens is 2040 g/mol. The zero-order chi connectivity index (χ0) is 58.9. The predicted molar refractivity (Wildman–Crippen MR) is 321 cm³/mol. The van der Waals surface area contributed by atoms with Gasteiger partial charge in [0.1, 0.15) is 16.9 Å². The number of carboxylic acid groups (broad SMARTS) is 1. The maximum Gasteiger partial charge on any atom is 0.337 e. The first-order chi connectivity index (χ1) is 39.9. The van der Waals surface area contributed by atoms with E-state index in [9.17, 15) is 19.5 Å². The fourth-order valence-electron chi connectivity index (χ4n) is 8.15. The predicted octanol–water partition coefficient (Wildman–Crippen LogP) is 15.1. The van der Waals surface area contributed by atoms with Crippen molar-refractivity contribution in [2.24, 2.45) is 0 Å². The second-order valence-electron chi connectivity index (χ2n) is 16.2. The smallest absolute Gasteiger partial charge is 0.337 e. The van der Waals surface area contributed by atoms with Gasteiger partial charge in [-0.3, -0.25) is 0 Å². The van der Waals surface area contributed by atoms with E-state index in [0.717, 1.165) is 22.4 Å². The minimum Gasteiger partial charge on any atom is -0.693 e. The van der Waals surface area contributed by atoms with Crippen molar-refractivity contribution in [2.75, 3.05) is 7.11 Å². The van der Waals surface area contributed by atoms with E-state index in [1.165, 1.54) is 31.8 Å². The number of fused-ring (bicyclic) bond motifs is 3. The average molecular weight is 2100 g/mol. The summed E-state index contributed by atoms with van der Waals surface area (Å²) in [6.07, 6.45) is 9.81. The van der Waals surface area contributed by atoms with Crippen LogP contribution in [0.1, 0.15) is 72.6 Å². The fourth-order valence-corrected chi connectivity index (χ4v) is 8.15. The molecule has 0 unspecified atom stereocenters. The molecule has 0 aliphatic heterocycles. The van der Waals surface area contributed by atoms with Gasteiger partial charge in [0.25, 0.3) is 0 Å². The number of esters is 1. The number of hydrogen-bond donors (Lipinski definition) is 1. The van der Waals surface area contributed by atoms with Gasteiger partial charge in [0.05, 0.1) is 18.2 Å². The van der Waals surface area contributed by atoms with Crippen LogP contribution in [0, 0.1) is 25.1 Å². The third-order valence-corrected chi connectivity index (χ3v) is 11.5. The molecule has 29 heteroatoms. The number of nitrogens with zero attached hydrogens (tertiary/aromatic N) is 12. The number of rotatable bonds is 9. The number of carbonyl (C=O) groups excluding carboxylic acids is 2. The van der Waals surface area contributed by atoms with Gasteiger partial charge in [-0.15, -0.1) is 36.3 Å². The molecule has 0 saturated heterocycles. The van der Waals surface area contributed by atoms with Crippen molar-refractivity contribution in [3.63, 3.8) is 0 Å². The van der Waals surface area contributed by atoms with Gasteiger partial charge in [-0.1, -0.05) is 113 Å². The molecule has 12 rings (SSSR count). The summed E-state index contributed by atoms with van der Waals surface area (Å²) in [6.45, 7) is 15.5. The van der Waals surface area contributed by atoms with Crippen LogP contribution < -0.4 is 0 Å². The second kappa shape index (κ2) is 45.7. The Morgan fingerprint density at radius 1 is 0.451 bits per heavy atom. The topological polar surface area (TPSA) is 315 Å². The number of methoxy groups -OCH3 is 1. The van der Waals surface area contributed by atoms with E-state index in [0.29, 0.717) is 73.6 Å². The van der Waals surface area contributed by atoms with E-state index in [4.69, 9.17) is 21.9 Å². The Morgan fingerprint density at radius 3 is 1.04 bits per heavy atom. The van der Waals surface area contributed by atoms with Crippen LogP contribution in [-0.4, -0.2) is 88.0 Å². The Hall–Kier alpha value is -3.61. The number of aromatic nitrogens is 12. The number of Topliss-reactive ketones (excluding diaryl/α,β-unsaturated/α-hetero) is 1. The molecule has 3 aromatic carbocycles. The van der Waals surface area contributed by atoms with Gasteiger partial charge in [0, 0.05) is 267 Å². The number of nitrogens with one attached hydrogen (secondary N) is 3. The summed E-state index contributed by atoms with van der Waals surface area (Å²) >= 11 is 0. The van der Waals surface area contributed by atoms with E-state index in [1.807, 2.05) is 140 Å². The molecule has 6 N–H and O–H groups in total. The molecule has 21 nitrogen and oxygen atoms in total. The standard InChI is InChI=1S/C19H13N5O2.C19H12N5O.C18H12N5O2.3C2H6.H2N.3W.5Y/c1-26-18(25)13-6-4-5-12(11-13)16-17(14-8-9-21-19(20)22-14)24-10-3-2-7-15(24)23-16;1-12(25)13-5-4-6-14(11-13)17-18(15-8-9-21-19(20)22-15)24-10-3-2-7-16(24)23-17;19-18-20-8-7-13(21-18)16-15(22-14-6-1-2-9-23(14)16)11-4-3-5-12(10-11)17(24)25;3*1-2;;;;;;;;;/h2-7,9-11H,1H3,(H-,20,21,22);2-7,9-11H,1H2,(H-,20,21,22);1-6,8-10H,(H3,19,20,21,24,25);3*1-2H3;1H2;;;;;;;;/q-2;-3;-1;;;;-1;;;;;;;;/p-1. The van der Waals surface area contributed by atoms with Crippen molar-refractivity contribution < 1.29 is 251 Å². The van der Waals surface area contributed by atoms with E-state index in [1.54, 1.807) is 54.6 Å². The van der Waals surface area contributed by atoms with Gasteiger partial charge < -0.3 is 81.1 Å². The number of hydrogen-bond acceptors (Lipinski definition) is 13. The molecule has 0 aliphatic carbocycles. The maximum atomic E-state index is 11.9. The van der Waals surface area contributed by atoms with Gasteiger partial charge in [0.2, 0.25) is 0 Å². The molecule has 455 valence electrons. The van der Waals surface area contributed by atoms with Crippen LogP contribution in [0.5, 0.6) is 0 Å². The largest absolute Gasteiger partial charge is 0.693 e. The van der Waals surface area contributed by atoms with Crippen molar-refractivity contribution >= 4 is 52.5 Å². The number of carbonyl (C=O) groups is 3. The van der Waals surface area contributed by atoms with Crippen molar-refractivity contribution in [3.05, 3.63) is 230 Å². The Balaban J connectivity index is -0.00000117. The molecule has 91 heavy (non-hydrogen) atoms. The molecule has 0 fully saturated rings. The molecule has 0 amide bonds. The van der Waals surface area contributed by atoms with Gasteiger partial charge in [-0.25, -0.2) is 42.7 Å². The van der Waals surface area contributed by atoms with E-state index in [2.05, 4.69) is 70.0 Å². The van der Waals surface area contributed by atoms with Crippen LogP contribution in [0.15, 0.2) is 165 Å². The Kier molecular flexibility index (Phi) is 46.0. The van der Waals surface area contributed by atoms with Crippen LogP contribution in [0.3, 0.4) is 0 Å². The molecular formula is C62H56N16O5W3Y5-8. The summed E-state index contributed by atoms with van der Waals surface area (Å²) < 4.78 is 10.4. The number of ketones is 1. The number of carboxylic acids is 1. The first kappa shape index (κ1) is 91.6. The molecule has 9 heterocycles. The second-order valence-corrected chi connectivity index (χ2v) is 16.2. The zero-order valence-corrected chi connectivity index (χ0v) is 73.4. The summed E-state index contributed by atoms with van der Waals surface area (Å²) in [5.74, 6) is -1.99. The first-order valence-electron chi connectivity index (χ1n) is 25.7. The molecule has 9 aromatic heterocycles. The molecule has 0 aliphatic rings. The van der Waals surface area contributed by atoms with Crippen molar-refractivity contribution in [3.8, 4) is 67.9 Å². The summed E-state index contributed by atoms with van der Waals surface area (Å²) in [5, 5.41) is 9.24. The number of benzene rings is 3. The van der Waals surface area contributed by atoms with E-state index >= 15 is 0 Å². The quantitative estimate of drug-likeness (QED) is 0.0798. The summed E-state index contributed by atoms with van der Waals surface area (Å²) in [4.78, 5) is 72.6. The first-order valence-corrected chi connectivity index (χ1v) is 25.7. The summed E-state index contributed by atoms with van der Waals surface area (Å²) in [5.41, 5.74) is 33.7. The SMILES string of the molecule is CC.CC.CC.COC(=O)c1cccc(-c2nc3ccccn3c2-c2[c-]cnc([NH-])n2)c1.[CH2-]C(=O)c1cccc(-c2nc3ccccn3c2-c2[c-]cnc([NH-])n2)c1.[NH-]c1nc[c-]c(-c2c(-c3cccc(C(=O)O)c3)nc3ccccn23)n1.[NH2-].[W].[W].[W].[Y].[Y].[Y].[Y].[Y]. The number of imidazole rings is 3. The molecule has 5 radical (unpaired) electrons. The van der Waals surface area contributed by atoms with Gasteiger partial charge in [-0.2, -0.15) is 24.0 Å². The third kappa shape index (κ3) is 23.0. The molecule has 0 bridgehead atoms. The molecule has 0 atom stereocenters. The average Bonchev–Trinajstić information content (AvgIpc) is 1.73. The Bertz CT molecular complexity index is 4040. The normalized spacial score (nSPS) is 9.26. The Morgan fingerprint density at radius 2 is 0.747 bits per heavy atom. The Labute approximate surface area is 697 Å². The van der Waals surface area contributed by atoms with Crippen LogP contribution in [0.4, 0.5) is 17.8 Å². The van der Waals surface area contributed by atoms with Crippen molar-refractivity contribution in [1.29, 1.82) is 0 Å². The van der Waals surface area contributed by atoms with Crippen LogP contribution >= 0.6 is 0 Å². The van der Waals surface area contributed by atoms with Crippen LogP contribution in [0.2, 0.25) is 0 Å². The van der Waals surface area contributed by atoms with Crippen LogP contribution in [0.25, 0.3) is 108 Å². The van der Waals surface area contributed by atoms with Gasteiger partial charge in [0.15, 0.2) is 0 Å². The molecule has 0 saturated carbocycles. The van der Waals surface area contributed by atoms with E-state index in [-0.39, 0.29) is 262 Å². The third-order valence-electron chi connectivity index (χ3n) is 11.5. The number of aromatic carboxylic acids is 1. The fraction of sp³-hybridized carbons (Fsp3) is 0.113. The maximum absolute atomic E-state index is 11.9. The van der Waals surface area contributed by atoms with E-state index < -0.39 is 11.9 Å². The minimum absolute atomic E-state index is 0. The number of pyridine rings is 3. The minimum atomic E-state index is -1.01. The van der Waals surface area contributed by atoms with Crippen molar-refractivity contribution in [1.82, 2.24) is 58.1 Å². The van der Waals surface area contributed by atoms with Gasteiger partial charge in [-0.05, 0) is 95.9 Å². The van der Waals surface area contributed by atoms with Crippen LogP contribution in [-0.2, 0) is 231 Å². The zero-order valence-electron chi connectivity index (χ0n) is 50.4. The molecule has 0 spiro atoms. The molecule has 12 aromatic rings. The van der Waals surface area contributed by atoms with Crippen molar-refractivity contribution in [2.45, 2.75) is 41.5 Å². The number of nitrogens with two attached hydrogens (primary N) is 1. The monoisotopic (exact) mass is 2100 g/mol.